The molecule has 0 radical (unpaired) electrons. The number of nitro groups is 1. The number of amides is 1. The molecule has 0 atom stereocenters. The lowest BCUT2D eigenvalue weighted by Crippen LogP contribution is -2.32. The van der Waals surface area contributed by atoms with Crippen molar-refractivity contribution in [1.29, 1.82) is 0 Å². The molecule has 1 N–H and O–H groups in total. The first kappa shape index (κ1) is 25.1. The van der Waals surface area contributed by atoms with Crippen LogP contribution >= 0.6 is 0 Å². The van der Waals surface area contributed by atoms with Crippen molar-refractivity contribution in [3.05, 3.63) is 56.6 Å². The van der Waals surface area contributed by atoms with Crippen LogP contribution in [0.1, 0.15) is 5.56 Å². The van der Waals surface area contributed by atoms with Crippen molar-refractivity contribution in [2.24, 2.45) is 0 Å². The molecule has 35 heavy (non-hydrogen) atoms. The minimum Gasteiger partial charge on any atom is -0.493 e. The molecule has 13 nitrogen and oxygen atoms in total. The summed E-state index contributed by atoms with van der Waals surface area (Å²) in [5.74, 6) is -0.353. The quantitative estimate of drug-likeness (QED) is 0.312. The number of hydrogen-bond acceptors (Lipinski definition) is 10. The summed E-state index contributed by atoms with van der Waals surface area (Å²) in [6.07, 6.45) is 0.447. The van der Waals surface area contributed by atoms with Crippen molar-refractivity contribution in [2.45, 2.75) is 13.0 Å². The van der Waals surface area contributed by atoms with Crippen molar-refractivity contribution in [3.8, 4) is 34.5 Å². The van der Waals surface area contributed by atoms with E-state index < -0.39 is 28.8 Å². The third-order valence-electron chi connectivity index (χ3n) is 5.03. The first-order chi connectivity index (χ1) is 16.8. The number of nitrogens with one attached hydrogen (secondary N) is 1. The average molecular weight is 488 g/mol. The molecule has 186 valence electrons. The normalized spacial score (nSPS) is 10.5. The number of rotatable bonds is 11. The van der Waals surface area contributed by atoms with Gasteiger partial charge in [0.1, 0.15) is 12.1 Å². The van der Waals surface area contributed by atoms with Crippen LogP contribution in [0.4, 0.5) is 5.69 Å². The van der Waals surface area contributed by atoms with E-state index in [1.807, 2.05) is 12.1 Å². The second-order valence-corrected chi connectivity index (χ2v) is 7.06. The van der Waals surface area contributed by atoms with E-state index in [-0.39, 0.29) is 29.5 Å². The van der Waals surface area contributed by atoms with Gasteiger partial charge in [-0.2, -0.15) is 4.68 Å². The smallest absolute Gasteiger partial charge is 0.437 e. The van der Waals surface area contributed by atoms with E-state index >= 15 is 0 Å². The van der Waals surface area contributed by atoms with Crippen LogP contribution in [-0.2, 0) is 17.8 Å². The molecule has 0 spiro atoms. The van der Waals surface area contributed by atoms with Crippen molar-refractivity contribution >= 4 is 11.6 Å². The van der Waals surface area contributed by atoms with E-state index in [9.17, 15) is 19.7 Å². The summed E-state index contributed by atoms with van der Waals surface area (Å²) >= 11 is 0. The molecular formula is C22H24N4O9. The number of nitrogens with zero attached hydrogens (tertiary/aromatic N) is 3. The van der Waals surface area contributed by atoms with Crippen molar-refractivity contribution in [3.63, 3.8) is 0 Å². The first-order valence-electron chi connectivity index (χ1n) is 10.3. The summed E-state index contributed by atoms with van der Waals surface area (Å²) in [7, 11) is 5.74. The number of methoxy groups -OCH3 is 4. The van der Waals surface area contributed by atoms with Crippen LogP contribution < -0.4 is 30.0 Å². The van der Waals surface area contributed by atoms with Gasteiger partial charge in [-0.1, -0.05) is 12.1 Å². The fraction of sp³-hybridized carbons (Fsp3) is 0.318. The van der Waals surface area contributed by atoms with Gasteiger partial charge in [0.05, 0.1) is 39.4 Å². The van der Waals surface area contributed by atoms with Gasteiger partial charge in [-0.05, 0) is 18.1 Å². The maximum absolute atomic E-state index is 12.4. The third-order valence-corrected chi connectivity index (χ3v) is 5.03. The predicted octanol–water partition coefficient (Wildman–Crippen LogP) is 1.80. The molecule has 0 unspecified atom stereocenters. The maximum Gasteiger partial charge on any atom is 0.437 e. The third kappa shape index (κ3) is 5.51. The van der Waals surface area contributed by atoms with Gasteiger partial charge in [-0.25, -0.2) is 4.79 Å². The molecule has 3 aromatic rings. The molecule has 0 saturated carbocycles. The minimum atomic E-state index is -0.950. The number of aromatic nitrogens is 2. The highest BCUT2D eigenvalue weighted by molar-refractivity contribution is 5.76. The topological polar surface area (TPSA) is 157 Å². The molecule has 0 aliphatic heterocycles. The summed E-state index contributed by atoms with van der Waals surface area (Å²) in [4.78, 5) is 35.5. The minimum absolute atomic E-state index is 0.103. The Morgan fingerprint density at radius 3 is 2.40 bits per heavy atom. The summed E-state index contributed by atoms with van der Waals surface area (Å²) in [5, 5.41) is 18.2. The molecule has 0 saturated heterocycles. The van der Waals surface area contributed by atoms with Crippen LogP contribution in [0.3, 0.4) is 0 Å². The van der Waals surface area contributed by atoms with E-state index in [1.165, 1.54) is 34.5 Å². The Kier molecular flexibility index (Phi) is 7.92. The highest BCUT2D eigenvalue weighted by atomic mass is 16.6. The number of para-hydroxylation sites is 1. The zero-order valence-electron chi connectivity index (χ0n) is 19.5. The number of carbonyl (C=O) groups is 1. The number of nitro benzene ring substituents is 1. The Balaban J connectivity index is 1.74. The molecule has 0 bridgehead atoms. The monoisotopic (exact) mass is 488 g/mol. The molecular weight excluding hydrogens is 464 g/mol. The summed E-state index contributed by atoms with van der Waals surface area (Å²) < 4.78 is 26.7. The Bertz CT molecular complexity index is 1280. The molecule has 1 heterocycles. The molecule has 3 rings (SSSR count). The molecule has 0 aliphatic carbocycles. The molecule has 1 aromatic heterocycles. The molecule has 13 heteroatoms. The van der Waals surface area contributed by atoms with Gasteiger partial charge >= 0.3 is 5.76 Å². The van der Waals surface area contributed by atoms with Crippen LogP contribution in [0, 0.1) is 10.1 Å². The Morgan fingerprint density at radius 1 is 1.09 bits per heavy atom. The van der Waals surface area contributed by atoms with Crippen LogP contribution in [0.2, 0.25) is 0 Å². The van der Waals surface area contributed by atoms with E-state index in [4.69, 9.17) is 23.4 Å². The predicted molar refractivity (Wildman–Crippen MR) is 122 cm³/mol. The van der Waals surface area contributed by atoms with Gasteiger partial charge in [0.25, 0.3) is 11.6 Å². The van der Waals surface area contributed by atoms with E-state index in [2.05, 4.69) is 10.4 Å². The Hall–Kier alpha value is -4.55. The molecule has 1 amide bonds. The summed E-state index contributed by atoms with van der Waals surface area (Å²) in [5.41, 5.74) is 0.315. The largest absolute Gasteiger partial charge is 0.493 e. The molecule has 0 aliphatic rings. The van der Waals surface area contributed by atoms with Gasteiger partial charge in [-0.3, -0.25) is 14.9 Å². The standard InChI is InChI=1S/C22H24N4O9/c1-31-16-7-5-6-13(20(16)34-4)8-9-23-19(27)12-25-22(28)35-21(24-25)14-10-17(32-2)18(33-3)11-15(14)26(29)30/h5-7,10-11H,8-9,12H2,1-4H3,(H,23,27). The van der Waals surface area contributed by atoms with Crippen LogP contribution in [-0.4, -0.2) is 55.6 Å². The van der Waals surface area contributed by atoms with Gasteiger partial charge in [-0.15, -0.1) is 5.10 Å². The van der Waals surface area contributed by atoms with Crippen LogP contribution in [0.5, 0.6) is 23.0 Å². The highest BCUT2D eigenvalue weighted by Gasteiger charge is 2.25. The number of carbonyl (C=O) groups excluding carboxylic acids is 1. The van der Waals surface area contributed by atoms with E-state index in [0.29, 0.717) is 17.9 Å². The zero-order valence-corrected chi connectivity index (χ0v) is 19.5. The fourth-order valence-electron chi connectivity index (χ4n) is 3.38. The van der Waals surface area contributed by atoms with E-state index in [0.717, 1.165) is 16.3 Å². The molecule has 0 fully saturated rings. The van der Waals surface area contributed by atoms with Gasteiger partial charge < -0.3 is 28.7 Å². The van der Waals surface area contributed by atoms with Crippen LogP contribution in [0.25, 0.3) is 11.5 Å². The van der Waals surface area contributed by atoms with Gasteiger partial charge in [0.15, 0.2) is 23.0 Å². The fourth-order valence-corrected chi connectivity index (χ4v) is 3.38. The number of ether oxygens (including phenoxy) is 4. The van der Waals surface area contributed by atoms with E-state index in [1.54, 1.807) is 6.07 Å². The second kappa shape index (κ2) is 11.0. The lowest BCUT2D eigenvalue weighted by molar-refractivity contribution is -0.384. The number of hydrogen-bond donors (Lipinski definition) is 1. The Labute approximate surface area is 199 Å². The first-order valence-corrected chi connectivity index (χ1v) is 10.3. The van der Waals surface area contributed by atoms with Crippen LogP contribution in [0.15, 0.2) is 39.5 Å². The highest BCUT2D eigenvalue weighted by Crippen LogP contribution is 2.39. The average Bonchev–Trinajstić information content (AvgIpc) is 3.22. The lowest BCUT2D eigenvalue weighted by Gasteiger charge is -2.12. The maximum atomic E-state index is 12.4. The zero-order chi connectivity index (χ0) is 25.5. The SMILES string of the molecule is COc1cc(-c2nn(CC(=O)NCCc3cccc(OC)c3OC)c(=O)o2)c([N+](=O)[O-])cc1OC. The Morgan fingerprint density at radius 2 is 1.77 bits per heavy atom. The lowest BCUT2D eigenvalue weighted by atomic mass is 10.1. The van der Waals surface area contributed by atoms with Gasteiger partial charge in [0.2, 0.25) is 5.91 Å². The second-order valence-electron chi connectivity index (χ2n) is 7.06. The van der Waals surface area contributed by atoms with Crippen molar-refractivity contribution in [1.82, 2.24) is 15.1 Å². The summed E-state index contributed by atoms with van der Waals surface area (Å²) in [6.45, 7) is -0.193. The summed E-state index contributed by atoms with van der Waals surface area (Å²) in [6, 6.07) is 7.82. The van der Waals surface area contributed by atoms with Crippen molar-refractivity contribution in [2.75, 3.05) is 35.0 Å². The number of benzene rings is 2. The van der Waals surface area contributed by atoms with Gasteiger partial charge in [0, 0.05) is 12.6 Å². The molecule has 2 aromatic carbocycles. The van der Waals surface area contributed by atoms with Crippen molar-refractivity contribution < 1.29 is 33.1 Å².